The molecule has 0 fully saturated rings. The second kappa shape index (κ2) is 4.70. The van der Waals surface area contributed by atoms with Crippen LogP contribution >= 0.6 is 0 Å². The summed E-state index contributed by atoms with van der Waals surface area (Å²) in [5.74, 6) is 0. The Balaban J connectivity index is 2.46. The third kappa shape index (κ3) is 2.17. The van der Waals surface area contributed by atoms with Gasteiger partial charge in [-0.1, -0.05) is 23.8 Å². The molecule has 2 aromatic rings. The summed E-state index contributed by atoms with van der Waals surface area (Å²) < 4.78 is 2.09. The van der Waals surface area contributed by atoms with Crippen LogP contribution in [-0.4, -0.2) is 4.57 Å². The van der Waals surface area contributed by atoms with Crippen LogP contribution in [0.5, 0.6) is 0 Å². The zero-order chi connectivity index (χ0) is 13.3. The van der Waals surface area contributed by atoms with Gasteiger partial charge >= 0.3 is 0 Å². The monoisotopic (exact) mass is 238 g/mol. The molecule has 0 aliphatic heterocycles. The largest absolute Gasteiger partial charge is 0.332 e. The highest BCUT2D eigenvalue weighted by atomic mass is 15.0. The van der Waals surface area contributed by atoms with Gasteiger partial charge in [0.05, 0.1) is 0 Å². The van der Waals surface area contributed by atoms with Gasteiger partial charge in [0.1, 0.15) is 11.8 Å². The molecule has 0 aliphatic rings. The van der Waals surface area contributed by atoms with E-state index in [1.165, 1.54) is 16.7 Å². The van der Waals surface area contributed by atoms with Crippen molar-refractivity contribution in [3.05, 3.63) is 57.9 Å². The first-order valence-corrected chi connectivity index (χ1v) is 6.16. The zero-order valence-electron chi connectivity index (χ0n) is 11.4. The molecule has 0 saturated heterocycles. The highest BCUT2D eigenvalue weighted by Crippen LogP contribution is 2.18. The third-order valence-electron chi connectivity index (χ3n) is 3.43. The van der Waals surface area contributed by atoms with Crippen LogP contribution < -0.4 is 0 Å². The third-order valence-corrected chi connectivity index (χ3v) is 3.43. The molecule has 92 valence electrons. The van der Waals surface area contributed by atoms with E-state index in [1.807, 2.05) is 6.92 Å². The molecule has 1 heterocycles. The van der Waals surface area contributed by atoms with Crippen molar-refractivity contribution in [2.45, 2.75) is 34.2 Å². The standard InChI is InChI=1S/C16H18N2/c1-11-5-6-12(2)15(7-11)10-18-14(4)8-13(3)16(18)9-17/h5-8H,10H2,1-4H3. The highest BCUT2D eigenvalue weighted by molar-refractivity contribution is 5.38. The SMILES string of the molecule is Cc1ccc(C)c(Cn2c(C)cc(C)c2C#N)c1. The minimum Gasteiger partial charge on any atom is -0.332 e. The fourth-order valence-corrected chi connectivity index (χ4v) is 2.34. The van der Waals surface area contributed by atoms with Crippen molar-refractivity contribution in [2.75, 3.05) is 0 Å². The fraction of sp³-hybridized carbons (Fsp3) is 0.312. The van der Waals surface area contributed by atoms with Gasteiger partial charge in [-0.15, -0.1) is 0 Å². The maximum atomic E-state index is 9.24. The number of benzene rings is 1. The lowest BCUT2D eigenvalue weighted by Crippen LogP contribution is -2.06. The van der Waals surface area contributed by atoms with Crippen LogP contribution in [0.3, 0.4) is 0 Å². The van der Waals surface area contributed by atoms with E-state index in [0.717, 1.165) is 23.5 Å². The second-order valence-electron chi connectivity index (χ2n) is 4.95. The maximum absolute atomic E-state index is 9.24. The Morgan fingerprint density at radius 2 is 1.78 bits per heavy atom. The van der Waals surface area contributed by atoms with Crippen molar-refractivity contribution in [3.63, 3.8) is 0 Å². The summed E-state index contributed by atoms with van der Waals surface area (Å²) >= 11 is 0. The van der Waals surface area contributed by atoms with E-state index < -0.39 is 0 Å². The molecule has 2 rings (SSSR count). The van der Waals surface area contributed by atoms with Gasteiger partial charge in [-0.3, -0.25) is 0 Å². The Hall–Kier alpha value is -2.01. The Kier molecular flexibility index (Phi) is 3.25. The average molecular weight is 238 g/mol. The number of hydrogen-bond acceptors (Lipinski definition) is 1. The van der Waals surface area contributed by atoms with Gasteiger partial charge in [-0.05, 0) is 50.5 Å². The molecule has 2 nitrogen and oxygen atoms in total. The van der Waals surface area contributed by atoms with E-state index in [2.05, 4.69) is 55.7 Å². The predicted molar refractivity (Wildman–Crippen MR) is 73.6 cm³/mol. The molecular weight excluding hydrogens is 220 g/mol. The lowest BCUT2D eigenvalue weighted by atomic mass is 10.1. The van der Waals surface area contributed by atoms with E-state index in [4.69, 9.17) is 0 Å². The molecule has 0 saturated carbocycles. The number of aromatic nitrogens is 1. The summed E-state index contributed by atoms with van der Waals surface area (Å²) in [5, 5.41) is 9.24. The van der Waals surface area contributed by atoms with Gasteiger partial charge < -0.3 is 4.57 Å². The van der Waals surface area contributed by atoms with Crippen LogP contribution in [0.25, 0.3) is 0 Å². The van der Waals surface area contributed by atoms with Crippen LogP contribution in [0.2, 0.25) is 0 Å². The first-order chi connectivity index (χ1) is 8.52. The topological polar surface area (TPSA) is 28.7 Å². The quantitative estimate of drug-likeness (QED) is 0.785. The first kappa shape index (κ1) is 12.4. The van der Waals surface area contributed by atoms with Crippen LogP contribution in [0.15, 0.2) is 24.3 Å². The van der Waals surface area contributed by atoms with Gasteiger partial charge in [-0.25, -0.2) is 0 Å². The van der Waals surface area contributed by atoms with Gasteiger partial charge in [0.2, 0.25) is 0 Å². The van der Waals surface area contributed by atoms with Crippen molar-refractivity contribution in [2.24, 2.45) is 0 Å². The van der Waals surface area contributed by atoms with E-state index in [1.54, 1.807) is 0 Å². The Morgan fingerprint density at radius 3 is 2.44 bits per heavy atom. The average Bonchev–Trinajstić information content (AvgIpc) is 2.58. The lowest BCUT2D eigenvalue weighted by Gasteiger charge is -2.11. The number of nitrogens with zero attached hydrogens (tertiary/aromatic N) is 2. The minimum atomic E-state index is 0.772. The Bertz CT molecular complexity index is 627. The molecule has 18 heavy (non-hydrogen) atoms. The van der Waals surface area contributed by atoms with Gasteiger partial charge in [0.25, 0.3) is 0 Å². The molecule has 0 unspecified atom stereocenters. The van der Waals surface area contributed by atoms with Crippen LogP contribution in [0.1, 0.15) is 33.6 Å². The summed E-state index contributed by atoms with van der Waals surface area (Å²) in [6, 6.07) is 10.8. The Morgan fingerprint density at radius 1 is 1.06 bits per heavy atom. The smallest absolute Gasteiger partial charge is 0.123 e. The molecule has 0 amide bonds. The van der Waals surface area contributed by atoms with Crippen molar-refractivity contribution >= 4 is 0 Å². The lowest BCUT2D eigenvalue weighted by molar-refractivity contribution is 0.758. The van der Waals surface area contributed by atoms with E-state index >= 15 is 0 Å². The van der Waals surface area contributed by atoms with Gasteiger partial charge in [-0.2, -0.15) is 5.26 Å². The molecule has 1 aromatic carbocycles. The van der Waals surface area contributed by atoms with Crippen LogP contribution in [0, 0.1) is 39.0 Å². The minimum absolute atomic E-state index is 0.772. The summed E-state index contributed by atoms with van der Waals surface area (Å²) in [6.45, 7) is 9.04. The van der Waals surface area contributed by atoms with Gasteiger partial charge in [0.15, 0.2) is 0 Å². The highest BCUT2D eigenvalue weighted by Gasteiger charge is 2.10. The van der Waals surface area contributed by atoms with E-state index in [9.17, 15) is 5.26 Å². The maximum Gasteiger partial charge on any atom is 0.123 e. The molecule has 1 aromatic heterocycles. The molecule has 0 atom stereocenters. The molecule has 0 radical (unpaired) electrons. The summed E-state index contributed by atoms with van der Waals surface area (Å²) in [5.41, 5.74) is 6.79. The number of aryl methyl sites for hydroxylation is 4. The number of hydrogen-bond donors (Lipinski definition) is 0. The summed E-state index contributed by atoms with van der Waals surface area (Å²) in [7, 11) is 0. The summed E-state index contributed by atoms with van der Waals surface area (Å²) in [4.78, 5) is 0. The molecule has 0 spiro atoms. The van der Waals surface area contributed by atoms with Crippen molar-refractivity contribution < 1.29 is 0 Å². The Labute approximate surface area is 108 Å². The summed E-state index contributed by atoms with van der Waals surface area (Å²) in [6.07, 6.45) is 0. The first-order valence-electron chi connectivity index (χ1n) is 6.16. The number of rotatable bonds is 2. The fourth-order valence-electron chi connectivity index (χ4n) is 2.34. The van der Waals surface area contributed by atoms with Crippen LogP contribution in [0.4, 0.5) is 0 Å². The zero-order valence-corrected chi connectivity index (χ0v) is 11.4. The molecule has 0 bridgehead atoms. The van der Waals surface area contributed by atoms with Gasteiger partial charge in [0, 0.05) is 12.2 Å². The van der Waals surface area contributed by atoms with Crippen molar-refractivity contribution in [1.29, 1.82) is 5.26 Å². The van der Waals surface area contributed by atoms with Crippen molar-refractivity contribution in [1.82, 2.24) is 4.57 Å². The van der Waals surface area contributed by atoms with Crippen molar-refractivity contribution in [3.8, 4) is 6.07 Å². The van der Waals surface area contributed by atoms with E-state index in [0.29, 0.717) is 0 Å². The second-order valence-corrected chi connectivity index (χ2v) is 4.95. The predicted octanol–water partition coefficient (Wildman–Crippen LogP) is 3.64. The molecule has 0 N–H and O–H groups in total. The molecular formula is C16H18N2. The normalized spacial score (nSPS) is 10.4. The molecule has 0 aliphatic carbocycles. The number of nitriles is 1. The van der Waals surface area contributed by atoms with Crippen LogP contribution in [-0.2, 0) is 6.54 Å². The molecule has 2 heteroatoms. The van der Waals surface area contributed by atoms with E-state index in [-0.39, 0.29) is 0 Å².